The van der Waals surface area contributed by atoms with Crippen LogP contribution in [0.1, 0.15) is 11.1 Å². The molecule has 0 saturated heterocycles. The second-order valence-electron chi connectivity index (χ2n) is 7.88. The molecule has 0 fully saturated rings. The van der Waals surface area contributed by atoms with Crippen molar-refractivity contribution in [3.63, 3.8) is 0 Å². The van der Waals surface area contributed by atoms with Crippen molar-refractivity contribution >= 4 is 22.4 Å². The SMILES string of the molecule is COc1ccc(CCNc2nc3c(-c4ccc(C)cc4)nnn3c3ccccc23)cc1OC. The third-order valence-corrected chi connectivity index (χ3v) is 5.73. The lowest BCUT2D eigenvalue weighted by molar-refractivity contribution is 0.354. The molecule has 5 rings (SSSR count). The van der Waals surface area contributed by atoms with Gasteiger partial charge in [0.15, 0.2) is 17.1 Å². The molecule has 33 heavy (non-hydrogen) atoms. The van der Waals surface area contributed by atoms with E-state index < -0.39 is 0 Å². The average Bonchev–Trinajstić information content (AvgIpc) is 3.28. The number of benzene rings is 3. The van der Waals surface area contributed by atoms with Crippen molar-refractivity contribution in [2.45, 2.75) is 13.3 Å². The first-order chi connectivity index (χ1) is 16.2. The van der Waals surface area contributed by atoms with Crippen LogP contribution in [0.3, 0.4) is 0 Å². The van der Waals surface area contributed by atoms with Crippen LogP contribution < -0.4 is 14.8 Å². The Bertz CT molecular complexity index is 1430. The van der Waals surface area contributed by atoms with Crippen LogP contribution in [0.15, 0.2) is 66.7 Å². The van der Waals surface area contributed by atoms with Gasteiger partial charge in [0, 0.05) is 17.5 Å². The van der Waals surface area contributed by atoms with E-state index >= 15 is 0 Å². The third kappa shape index (κ3) is 3.93. The van der Waals surface area contributed by atoms with Crippen LogP contribution in [-0.4, -0.2) is 40.6 Å². The van der Waals surface area contributed by atoms with Crippen LogP contribution in [0.25, 0.3) is 27.8 Å². The molecule has 3 aromatic carbocycles. The fourth-order valence-electron chi connectivity index (χ4n) is 3.96. The highest BCUT2D eigenvalue weighted by atomic mass is 16.5. The Balaban J connectivity index is 1.48. The molecule has 0 aliphatic rings. The van der Waals surface area contributed by atoms with Crippen molar-refractivity contribution in [1.82, 2.24) is 19.8 Å². The van der Waals surface area contributed by atoms with Crippen LogP contribution in [0.5, 0.6) is 11.5 Å². The number of rotatable bonds is 7. The number of fused-ring (bicyclic) bond motifs is 3. The van der Waals surface area contributed by atoms with Gasteiger partial charge in [0.2, 0.25) is 0 Å². The molecule has 0 bridgehead atoms. The van der Waals surface area contributed by atoms with Gasteiger partial charge in [-0.3, -0.25) is 0 Å². The predicted molar refractivity (Wildman–Crippen MR) is 130 cm³/mol. The van der Waals surface area contributed by atoms with Gasteiger partial charge in [-0.25, -0.2) is 4.98 Å². The largest absolute Gasteiger partial charge is 0.493 e. The summed E-state index contributed by atoms with van der Waals surface area (Å²) in [6.45, 7) is 2.78. The number of aryl methyl sites for hydroxylation is 1. The molecule has 5 aromatic rings. The molecule has 0 amide bonds. The summed E-state index contributed by atoms with van der Waals surface area (Å²) in [6.07, 6.45) is 0.809. The Morgan fingerprint density at radius 1 is 0.909 bits per heavy atom. The molecule has 0 radical (unpaired) electrons. The van der Waals surface area contributed by atoms with E-state index in [-0.39, 0.29) is 0 Å². The van der Waals surface area contributed by atoms with E-state index in [0.717, 1.165) is 57.1 Å². The minimum atomic E-state index is 0.712. The van der Waals surface area contributed by atoms with Gasteiger partial charge < -0.3 is 14.8 Å². The Labute approximate surface area is 192 Å². The van der Waals surface area contributed by atoms with Gasteiger partial charge in [0.05, 0.1) is 19.7 Å². The van der Waals surface area contributed by atoms with E-state index in [2.05, 4.69) is 46.8 Å². The van der Waals surface area contributed by atoms with Crippen LogP contribution in [0.2, 0.25) is 0 Å². The minimum absolute atomic E-state index is 0.712. The maximum absolute atomic E-state index is 5.43. The van der Waals surface area contributed by atoms with Crippen LogP contribution in [-0.2, 0) is 6.42 Å². The molecule has 0 aliphatic carbocycles. The second kappa shape index (κ2) is 8.78. The number of hydrogen-bond donors (Lipinski definition) is 1. The number of ether oxygens (including phenoxy) is 2. The minimum Gasteiger partial charge on any atom is -0.493 e. The van der Waals surface area contributed by atoms with Gasteiger partial charge in [-0.15, -0.1) is 5.10 Å². The van der Waals surface area contributed by atoms with E-state index in [0.29, 0.717) is 6.54 Å². The molecule has 1 N–H and O–H groups in total. The van der Waals surface area contributed by atoms with Crippen molar-refractivity contribution in [3.8, 4) is 22.8 Å². The lowest BCUT2D eigenvalue weighted by atomic mass is 10.1. The molecule has 0 atom stereocenters. The quantitative estimate of drug-likeness (QED) is 0.388. The van der Waals surface area contributed by atoms with Gasteiger partial charge in [0.1, 0.15) is 11.5 Å². The highest BCUT2D eigenvalue weighted by Gasteiger charge is 2.15. The zero-order chi connectivity index (χ0) is 22.8. The van der Waals surface area contributed by atoms with Crippen molar-refractivity contribution in [2.75, 3.05) is 26.1 Å². The standard InChI is InChI=1S/C26H25N5O2/c1-17-8-11-19(12-9-17)24-26-28-25(20-6-4-5-7-21(20)31(26)30-29-24)27-15-14-18-10-13-22(32-2)23(16-18)33-3/h4-13,16H,14-15H2,1-3H3,(H,27,28). The summed E-state index contributed by atoms with van der Waals surface area (Å²) in [5.41, 5.74) is 5.80. The van der Waals surface area contributed by atoms with Crippen molar-refractivity contribution in [3.05, 3.63) is 77.9 Å². The molecule has 0 saturated carbocycles. The van der Waals surface area contributed by atoms with Crippen LogP contribution >= 0.6 is 0 Å². The molecule has 166 valence electrons. The summed E-state index contributed by atoms with van der Waals surface area (Å²) in [5.74, 6) is 2.27. The van der Waals surface area contributed by atoms with Gasteiger partial charge in [-0.05, 0) is 43.2 Å². The molecule has 7 nitrogen and oxygen atoms in total. The topological polar surface area (TPSA) is 73.6 Å². The Hall–Kier alpha value is -4.13. The van der Waals surface area contributed by atoms with E-state index in [1.165, 1.54) is 5.56 Å². The van der Waals surface area contributed by atoms with Crippen molar-refractivity contribution in [2.24, 2.45) is 0 Å². The number of para-hydroxylation sites is 1. The molecule has 2 heterocycles. The van der Waals surface area contributed by atoms with Gasteiger partial charge in [-0.1, -0.05) is 53.2 Å². The average molecular weight is 440 g/mol. The Morgan fingerprint density at radius 2 is 1.70 bits per heavy atom. The summed E-state index contributed by atoms with van der Waals surface area (Å²) >= 11 is 0. The lowest BCUT2D eigenvalue weighted by Crippen LogP contribution is -2.08. The van der Waals surface area contributed by atoms with Gasteiger partial charge >= 0.3 is 0 Å². The summed E-state index contributed by atoms with van der Waals surface area (Å²) in [5, 5.41) is 13.4. The van der Waals surface area contributed by atoms with Gasteiger partial charge in [-0.2, -0.15) is 4.52 Å². The van der Waals surface area contributed by atoms with E-state index in [1.807, 2.05) is 47.0 Å². The Kier molecular flexibility index (Phi) is 5.52. The number of aromatic nitrogens is 4. The summed E-state index contributed by atoms with van der Waals surface area (Å²) in [6, 6.07) is 22.3. The third-order valence-electron chi connectivity index (χ3n) is 5.73. The fourth-order valence-corrected chi connectivity index (χ4v) is 3.96. The molecule has 0 unspecified atom stereocenters. The van der Waals surface area contributed by atoms with Crippen LogP contribution in [0, 0.1) is 6.92 Å². The Morgan fingerprint density at radius 3 is 2.48 bits per heavy atom. The number of methoxy groups -OCH3 is 2. The van der Waals surface area contributed by atoms with Gasteiger partial charge in [0.25, 0.3) is 0 Å². The number of nitrogens with zero attached hydrogens (tertiary/aromatic N) is 4. The molecule has 0 spiro atoms. The molecule has 0 aliphatic heterocycles. The maximum atomic E-state index is 5.43. The molecule has 2 aromatic heterocycles. The lowest BCUT2D eigenvalue weighted by Gasteiger charge is -2.12. The zero-order valence-electron chi connectivity index (χ0n) is 18.9. The summed E-state index contributed by atoms with van der Waals surface area (Å²) in [7, 11) is 3.29. The van der Waals surface area contributed by atoms with E-state index in [9.17, 15) is 0 Å². The number of anilines is 1. The predicted octanol–water partition coefficient (Wildman–Crippen LogP) is 4.92. The molecular formula is C26H25N5O2. The second-order valence-corrected chi connectivity index (χ2v) is 7.88. The van der Waals surface area contributed by atoms with Crippen molar-refractivity contribution < 1.29 is 9.47 Å². The van der Waals surface area contributed by atoms with E-state index in [4.69, 9.17) is 14.5 Å². The zero-order valence-corrected chi connectivity index (χ0v) is 18.9. The summed E-state index contributed by atoms with van der Waals surface area (Å²) < 4.78 is 12.6. The molecular weight excluding hydrogens is 414 g/mol. The van der Waals surface area contributed by atoms with Crippen molar-refractivity contribution in [1.29, 1.82) is 0 Å². The summed E-state index contributed by atoms with van der Waals surface area (Å²) in [4.78, 5) is 4.94. The first kappa shape index (κ1) is 20.8. The van der Waals surface area contributed by atoms with E-state index in [1.54, 1.807) is 14.2 Å². The number of nitrogens with one attached hydrogen (secondary N) is 1. The monoisotopic (exact) mass is 439 g/mol. The first-order valence-corrected chi connectivity index (χ1v) is 10.8. The van der Waals surface area contributed by atoms with Crippen LogP contribution in [0.4, 0.5) is 5.82 Å². The smallest absolute Gasteiger partial charge is 0.186 e. The highest BCUT2D eigenvalue weighted by molar-refractivity contribution is 5.93. The fraction of sp³-hybridized carbons (Fsp3) is 0.192. The molecule has 7 heteroatoms. The maximum Gasteiger partial charge on any atom is 0.186 e. The first-order valence-electron chi connectivity index (χ1n) is 10.8. The normalized spacial score (nSPS) is 11.1. The number of hydrogen-bond acceptors (Lipinski definition) is 6. The highest BCUT2D eigenvalue weighted by Crippen LogP contribution is 2.29.